The molecule has 0 bridgehead atoms. The van der Waals surface area contributed by atoms with Crippen LogP contribution >= 0.6 is 7.60 Å². The molecule has 5 heteroatoms. The Morgan fingerprint density at radius 1 is 1.50 bits per heavy atom. The minimum Gasteiger partial charge on any atom is -0.501 e. The number of ether oxygens (including phenoxy) is 1. The number of rotatable bonds is 5. The Morgan fingerprint density at radius 3 is 2.50 bits per heavy atom. The lowest BCUT2D eigenvalue weighted by molar-refractivity contribution is 0.229. The fourth-order valence-electron chi connectivity index (χ4n) is 0.494. The highest BCUT2D eigenvalue weighted by atomic mass is 31.2. The molecule has 0 atom stereocenters. The van der Waals surface area contributed by atoms with Crippen LogP contribution in [0.25, 0.3) is 0 Å². The van der Waals surface area contributed by atoms with Gasteiger partial charge in [-0.1, -0.05) is 13.8 Å². The normalized spacial score (nSPS) is 12.8. The van der Waals surface area contributed by atoms with Gasteiger partial charge in [-0.25, -0.2) is 0 Å². The Labute approximate surface area is 72.4 Å². The average molecular weight is 194 g/mol. The molecule has 0 aromatic heterocycles. The number of hydrogen-bond acceptors (Lipinski definition) is 2. The maximum Gasteiger partial charge on any atom is 0.352 e. The van der Waals surface area contributed by atoms with Crippen molar-refractivity contribution < 1.29 is 19.1 Å². The van der Waals surface area contributed by atoms with Crippen molar-refractivity contribution in [3.63, 3.8) is 0 Å². The summed E-state index contributed by atoms with van der Waals surface area (Å²) in [6, 6.07) is 0. The zero-order valence-electron chi connectivity index (χ0n) is 7.30. The van der Waals surface area contributed by atoms with Crippen LogP contribution in [0.4, 0.5) is 0 Å². The van der Waals surface area contributed by atoms with E-state index in [0.29, 0.717) is 12.5 Å². The molecular formula is C7H15O4P. The van der Waals surface area contributed by atoms with E-state index in [2.05, 4.69) is 13.8 Å². The molecule has 12 heavy (non-hydrogen) atoms. The van der Waals surface area contributed by atoms with Gasteiger partial charge in [0.05, 0.1) is 18.7 Å². The van der Waals surface area contributed by atoms with Crippen LogP contribution in [0.5, 0.6) is 0 Å². The molecule has 0 aliphatic rings. The van der Waals surface area contributed by atoms with E-state index in [9.17, 15) is 4.57 Å². The molecule has 0 radical (unpaired) electrons. The minimum atomic E-state index is -4.04. The van der Waals surface area contributed by atoms with Gasteiger partial charge < -0.3 is 14.5 Å². The zero-order chi connectivity index (χ0) is 9.61. The van der Waals surface area contributed by atoms with E-state index in [1.807, 2.05) is 0 Å². The molecule has 72 valence electrons. The van der Waals surface area contributed by atoms with Crippen molar-refractivity contribution in [1.82, 2.24) is 0 Å². The summed E-state index contributed by atoms with van der Waals surface area (Å²) in [6.07, 6.45) is 1.94. The smallest absolute Gasteiger partial charge is 0.352 e. The molecule has 0 unspecified atom stereocenters. The molecule has 2 N–H and O–H groups in total. The van der Waals surface area contributed by atoms with Gasteiger partial charge in [0.2, 0.25) is 0 Å². The average Bonchev–Trinajstić information content (AvgIpc) is 1.83. The molecule has 0 aromatic rings. The van der Waals surface area contributed by atoms with Crippen LogP contribution in [-0.2, 0) is 9.30 Å². The zero-order valence-corrected chi connectivity index (χ0v) is 8.20. The lowest BCUT2D eigenvalue weighted by atomic mass is 10.1. The second kappa shape index (κ2) is 5.36. The molecule has 0 aliphatic carbocycles. The third-order valence-corrected chi connectivity index (χ3v) is 1.67. The lowest BCUT2D eigenvalue weighted by Gasteiger charge is -2.03. The highest BCUT2D eigenvalue weighted by Gasteiger charge is 2.04. The van der Waals surface area contributed by atoms with Gasteiger partial charge in [-0.2, -0.15) is 0 Å². The molecule has 4 nitrogen and oxygen atoms in total. The van der Waals surface area contributed by atoms with Crippen LogP contribution in [0.1, 0.15) is 20.3 Å². The highest BCUT2D eigenvalue weighted by molar-refractivity contribution is 7.55. The SMILES string of the molecule is CC(C)CCOC=CP(=O)(O)O. The molecule has 0 heterocycles. The topological polar surface area (TPSA) is 66.8 Å². The predicted octanol–water partition coefficient (Wildman–Crippen LogP) is 1.70. The van der Waals surface area contributed by atoms with Crippen LogP contribution in [0.3, 0.4) is 0 Å². The first-order valence-electron chi connectivity index (χ1n) is 3.76. The molecule has 0 amide bonds. The van der Waals surface area contributed by atoms with Crippen LogP contribution in [0.2, 0.25) is 0 Å². The van der Waals surface area contributed by atoms with Crippen LogP contribution < -0.4 is 0 Å². The largest absolute Gasteiger partial charge is 0.501 e. The van der Waals surface area contributed by atoms with Gasteiger partial charge in [-0.3, -0.25) is 4.57 Å². The van der Waals surface area contributed by atoms with Crippen LogP contribution in [0.15, 0.2) is 12.1 Å². The summed E-state index contributed by atoms with van der Waals surface area (Å²) < 4.78 is 15.1. The molecule has 0 aliphatic heterocycles. The highest BCUT2D eigenvalue weighted by Crippen LogP contribution is 2.35. The minimum absolute atomic E-state index is 0.494. The Bertz CT molecular complexity index is 182. The third kappa shape index (κ3) is 9.69. The summed E-state index contributed by atoms with van der Waals surface area (Å²) in [4.78, 5) is 16.7. The molecular weight excluding hydrogens is 179 g/mol. The first-order chi connectivity index (χ1) is 5.42. The van der Waals surface area contributed by atoms with Gasteiger partial charge >= 0.3 is 7.60 Å². The quantitative estimate of drug-likeness (QED) is 0.397. The standard InChI is InChI=1S/C7H15O4P/c1-7(2)3-4-11-5-6-12(8,9)10/h5-7H,3-4H2,1-2H3,(H2,8,9,10). The predicted molar refractivity (Wildman–Crippen MR) is 46.6 cm³/mol. The summed E-state index contributed by atoms with van der Waals surface area (Å²) >= 11 is 0. The van der Waals surface area contributed by atoms with E-state index in [1.54, 1.807) is 0 Å². The molecule has 0 saturated heterocycles. The second-order valence-corrected chi connectivity index (χ2v) is 4.40. The van der Waals surface area contributed by atoms with Crippen molar-refractivity contribution in [3.05, 3.63) is 12.1 Å². The first-order valence-corrected chi connectivity index (χ1v) is 5.44. The monoisotopic (exact) mass is 194 g/mol. The van der Waals surface area contributed by atoms with E-state index in [0.717, 1.165) is 18.5 Å². The summed E-state index contributed by atoms with van der Waals surface area (Å²) in [5.74, 6) is 1.29. The van der Waals surface area contributed by atoms with Crippen LogP contribution in [0, 0.1) is 5.92 Å². The third-order valence-electron chi connectivity index (χ3n) is 1.16. The first kappa shape index (κ1) is 11.7. The molecule has 0 saturated carbocycles. The molecule has 0 fully saturated rings. The van der Waals surface area contributed by atoms with Gasteiger partial charge in [0, 0.05) is 0 Å². The summed E-state index contributed by atoms with van der Waals surface area (Å²) in [7, 11) is -4.04. The van der Waals surface area contributed by atoms with Crippen molar-refractivity contribution in [2.45, 2.75) is 20.3 Å². The Morgan fingerprint density at radius 2 is 2.08 bits per heavy atom. The van der Waals surface area contributed by atoms with Gasteiger partial charge in [0.15, 0.2) is 0 Å². The van der Waals surface area contributed by atoms with Crippen molar-refractivity contribution in [3.8, 4) is 0 Å². The molecule has 0 rings (SSSR count). The maximum atomic E-state index is 10.3. The number of hydrogen-bond donors (Lipinski definition) is 2. The molecule has 0 aromatic carbocycles. The van der Waals surface area contributed by atoms with Crippen LogP contribution in [-0.4, -0.2) is 16.4 Å². The fourth-order valence-corrected chi connectivity index (χ4v) is 0.739. The molecule has 0 spiro atoms. The van der Waals surface area contributed by atoms with Gasteiger partial charge in [0.25, 0.3) is 0 Å². The van der Waals surface area contributed by atoms with E-state index >= 15 is 0 Å². The van der Waals surface area contributed by atoms with Crippen molar-refractivity contribution in [1.29, 1.82) is 0 Å². The van der Waals surface area contributed by atoms with E-state index < -0.39 is 7.60 Å². The van der Waals surface area contributed by atoms with Crippen molar-refractivity contribution in [2.75, 3.05) is 6.61 Å². The van der Waals surface area contributed by atoms with E-state index in [4.69, 9.17) is 14.5 Å². The summed E-state index contributed by atoms with van der Waals surface area (Å²) in [5.41, 5.74) is 0. The Kier molecular flexibility index (Phi) is 5.22. The summed E-state index contributed by atoms with van der Waals surface area (Å²) in [5, 5.41) is 0. The maximum absolute atomic E-state index is 10.3. The lowest BCUT2D eigenvalue weighted by Crippen LogP contribution is -1.93. The van der Waals surface area contributed by atoms with Gasteiger partial charge in [0.1, 0.15) is 0 Å². The van der Waals surface area contributed by atoms with Crippen molar-refractivity contribution >= 4 is 7.60 Å². The summed E-state index contributed by atoms with van der Waals surface area (Å²) in [6.45, 7) is 4.60. The van der Waals surface area contributed by atoms with Gasteiger partial charge in [-0.15, -0.1) is 0 Å². The van der Waals surface area contributed by atoms with Crippen molar-refractivity contribution in [2.24, 2.45) is 5.92 Å². The van der Waals surface area contributed by atoms with E-state index in [1.165, 1.54) is 0 Å². The fraction of sp³-hybridized carbons (Fsp3) is 0.714. The Hall–Kier alpha value is -0.310. The van der Waals surface area contributed by atoms with E-state index in [-0.39, 0.29) is 0 Å². The van der Waals surface area contributed by atoms with Gasteiger partial charge in [-0.05, 0) is 12.3 Å². The Balaban J connectivity index is 3.44. The second-order valence-electron chi connectivity index (χ2n) is 2.93.